The number of benzene rings is 1. The third kappa shape index (κ3) is 2.45. The molecule has 0 saturated heterocycles. The SMILES string of the molecule is CC(C)(CO)c1ccccc1C(C)(C)CO. The van der Waals surface area contributed by atoms with Crippen LogP contribution < -0.4 is 0 Å². The molecule has 90 valence electrons. The molecule has 1 aromatic carbocycles. The van der Waals surface area contributed by atoms with E-state index in [0.29, 0.717) is 0 Å². The Morgan fingerprint density at radius 1 is 0.812 bits per heavy atom. The molecule has 0 unspecified atom stereocenters. The van der Waals surface area contributed by atoms with Crippen molar-refractivity contribution < 1.29 is 10.2 Å². The highest BCUT2D eigenvalue weighted by atomic mass is 16.3. The summed E-state index contributed by atoms with van der Waals surface area (Å²) in [6.45, 7) is 8.26. The average molecular weight is 222 g/mol. The van der Waals surface area contributed by atoms with Crippen molar-refractivity contribution in [3.63, 3.8) is 0 Å². The van der Waals surface area contributed by atoms with Gasteiger partial charge in [-0.1, -0.05) is 52.0 Å². The Bertz CT molecular complexity index is 319. The van der Waals surface area contributed by atoms with Gasteiger partial charge < -0.3 is 10.2 Å². The van der Waals surface area contributed by atoms with Crippen molar-refractivity contribution in [1.82, 2.24) is 0 Å². The van der Waals surface area contributed by atoms with Gasteiger partial charge in [-0.25, -0.2) is 0 Å². The maximum absolute atomic E-state index is 9.45. The summed E-state index contributed by atoms with van der Waals surface area (Å²) in [5.41, 5.74) is 1.67. The van der Waals surface area contributed by atoms with Gasteiger partial charge >= 0.3 is 0 Å². The molecule has 0 aromatic heterocycles. The van der Waals surface area contributed by atoms with Gasteiger partial charge in [-0.05, 0) is 11.1 Å². The van der Waals surface area contributed by atoms with Gasteiger partial charge in [0.25, 0.3) is 0 Å². The molecule has 0 saturated carbocycles. The van der Waals surface area contributed by atoms with Gasteiger partial charge in [-0.3, -0.25) is 0 Å². The van der Waals surface area contributed by atoms with Crippen LogP contribution in [0, 0.1) is 0 Å². The van der Waals surface area contributed by atoms with Gasteiger partial charge in [0.05, 0.1) is 13.2 Å². The molecule has 0 heterocycles. The Kier molecular flexibility index (Phi) is 3.76. The quantitative estimate of drug-likeness (QED) is 0.820. The number of aliphatic hydroxyl groups is 2. The van der Waals surface area contributed by atoms with Crippen LogP contribution in [-0.4, -0.2) is 23.4 Å². The summed E-state index contributed by atoms with van der Waals surface area (Å²) in [6.07, 6.45) is 0. The Hall–Kier alpha value is -0.860. The summed E-state index contributed by atoms with van der Waals surface area (Å²) >= 11 is 0. The topological polar surface area (TPSA) is 40.5 Å². The normalized spacial score (nSPS) is 12.9. The van der Waals surface area contributed by atoms with E-state index in [4.69, 9.17) is 0 Å². The molecule has 2 N–H and O–H groups in total. The molecule has 0 amide bonds. The second-order valence-corrected chi connectivity index (χ2v) is 5.63. The predicted octanol–water partition coefficient (Wildman–Crippen LogP) is 2.23. The molecule has 0 aliphatic carbocycles. The van der Waals surface area contributed by atoms with Crippen LogP contribution in [0.25, 0.3) is 0 Å². The zero-order chi connectivity index (χ0) is 12.4. The van der Waals surface area contributed by atoms with Crippen molar-refractivity contribution in [2.75, 3.05) is 13.2 Å². The maximum Gasteiger partial charge on any atom is 0.0522 e. The van der Waals surface area contributed by atoms with E-state index in [1.165, 1.54) is 0 Å². The van der Waals surface area contributed by atoms with Crippen LogP contribution >= 0.6 is 0 Å². The summed E-state index contributed by atoms with van der Waals surface area (Å²) in [5, 5.41) is 18.9. The molecule has 0 aliphatic rings. The predicted molar refractivity (Wildman–Crippen MR) is 66.7 cm³/mol. The van der Waals surface area contributed by atoms with Crippen molar-refractivity contribution in [2.24, 2.45) is 0 Å². The highest BCUT2D eigenvalue weighted by Gasteiger charge is 2.29. The second kappa shape index (κ2) is 4.56. The van der Waals surface area contributed by atoms with Crippen LogP contribution in [0.15, 0.2) is 24.3 Å². The van der Waals surface area contributed by atoms with Crippen molar-refractivity contribution in [2.45, 2.75) is 38.5 Å². The molecule has 2 nitrogen and oxygen atoms in total. The van der Waals surface area contributed by atoms with Crippen LogP contribution in [0.2, 0.25) is 0 Å². The van der Waals surface area contributed by atoms with Gasteiger partial charge in [0.1, 0.15) is 0 Å². The van der Waals surface area contributed by atoms with E-state index in [9.17, 15) is 10.2 Å². The van der Waals surface area contributed by atoms with E-state index in [-0.39, 0.29) is 24.0 Å². The highest BCUT2D eigenvalue weighted by Crippen LogP contribution is 2.33. The molecule has 1 aromatic rings. The third-order valence-corrected chi connectivity index (χ3v) is 3.18. The first-order chi connectivity index (χ1) is 7.35. The van der Waals surface area contributed by atoms with E-state index in [1.54, 1.807) is 0 Å². The molecular weight excluding hydrogens is 200 g/mol. The van der Waals surface area contributed by atoms with E-state index >= 15 is 0 Å². The Morgan fingerprint density at radius 2 is 1.12 bits per heavy atom. The van der Waals surface area contributed by atoms with Gasteiger partial charge in [0.15, 0.2) is 0 Å². The van der Waals surface area contributed by atoms with E-state index < -0.39 is 0 Å². The first-order valence-corrected chi connectivity index (χ1v) is 5.67. The van der Waals surface area contributed by atoms with Crippen LogP contribution in [0.4, 0.5) is 0 Å². The van der Waals surface area contributed by atoms with Crippen LogP contribution in [0.1, 0.15) is 38.8 Å². The Morgan fingerprint density at radius 3 is 1.38 bits per heavy atom. The summed E-state index contributed by atoms with van der Waals surface area (Å²) in [5.74, 6) is 0. The first-order valence-electron chi connectivity index (χ1n) is 5.67. The first kappa shape index (κ1) is 13.2. The van der Waals surface area contributed by atoms with Crippen LogP contribution in [0.3, 0.4) is 0 Å². The minimum Gasteiger partial charge on any atom is -0.395 e. The van der Waals surface area contributed by atoms with Gasteiger partial charge in [-0.15, -0.1) is 0 Å². The monoisotopic (exact) mass is 222 g/mol. The molecular formula is C14H22O2. The lowest BCUT2D eigenvalue weighted by Gasteiger charge is -2.32. The molecule has 0 fully saturated rings. The van der Waals surface area contributed by atoms with Crippen molar-refractivity contribution in [3.8, 4) is 0 Å². The summed E-state index contributed by atoms with van der Waals surface area (Å²) in [4.78, 5) is 0. The maximum atomic E-state index is 9.45. The smallest absolute Gasteiger partial charge is 0.0522 e. The third-order valence-electron chi connectivity index (χ3n) is 3.18. The fraction of sp³-hybridized carbons (Fsp3) is 0.571. The molecule has 0 atom stereocenters. The highest BCUT2D eigenvalue weighted by molar-refractivity contribution is 5.38. The molecule has 0 radical (unpaired) electrons. The van der Waals surface area contributed by atoms with Gasteiger partial charge in [-0.2, -0.15) is 0 Å². The van der Waals surface area contributed by atoms with E-state index in [1.807, 2.05) is 52.0 Å². The lowest BCUT2D eigenvalue weighted by atomic mass is 9.74. The zero-order valence-corrected chi connectivity index (χ0v) is 10.6. The standard InChI is InChI=1S/C14H22O2/c1-13(2,9-15)11-7-5-6-8-12(11)14(3,4)10-16/h5-8,15-16H,9-10H2,1-4H3. The molecule has 0 aliphatic heterocycles. The zero-order valence-electron chi connectivity index (χ0n) is 10.6. The largest absolute Gasteiger partial charge is 0.395 e. The summed E-state index contributed by atoms with van der Waals surface area (Å²) in [7, 11) is 0. The van der Waals surface area contributed by atoms with Gasteiger partial charge in [0, 0.05) is 10.8 Å². The van der Waals surface area contributed by atoms with E-state index in [0.717, 1.165) is 11.1 Å². The second-order valence-electron chi connectivity index (χ2n) is 5.63. The summed E-state index contributed by atoms with van der Waals surface area (Å²) in [6, 6.07) is 8.01. The van der Waals surface area contributed by atoms with Crippen molar-refractivity contribution in [3.05, 3.63) is 35.4 Å². The van der Waals surface area contributed by atoms with Crippen molar-refractivity contribution in [1.29, 1.82) is 0 Å². The van der Waals surface area contributed by atoms with Crippen LogP contribution in [0.5, 0.6) is 0 Å². The lowest BCUT2D eigenvalue weighted by Crippen LogP contribution is -2.30. The minimum absolute atomic E-state index is 0.103. The van der Waals surface area contributed by atoms with E-state index in [2.05, 4.69) is 0 Å². The molecule has 16 heavy (non-hydrogen) atoms. The fourth-order valence-electron chi connectivity index (χ4n) is 1.83. The fourth-order valence-corrected chi connectivity index (χ4v) is 1.83. The summed E-state index contributed by atoms with van der Waals surface area (Å²) < 4.78 is 0. The minimum atomic E-state index is -0.275. The lowest BCUT2D eigenvalue weighted by molar-refractivity contribution is 0.203. The number of hydrogen-bond donors (Lipinski definition) is 2. The number of rotatable bonds is 4. The van der Waals surface area contributed by atoms with Crippen molar-refractivity contribution >= 4 is 0 Å². The van der Waals surface area contributed by atoms with Crippen LogP contribution in [-0.2, 0) is 10.8 Å². The Balaban J connectivity index is 3.31. The molecule has 2 heteroatoms. The average Bonchev–Trinajstić information content (AvgIpc) is 2.29. The number of aliphatic hydroxyl groups excluding tert-OH is 2. The molecule has 0 spiro atoms. The van der Waals surface area contributed by atoms with Gasteiger partial charge in [0.2, 0.25) is 0 Å². The Labute approximate surface area is 97.9 Å². The molecule has 1 rings (SSSR count). The number of hydrogen-bond acceptors (Lipinski definition) is 2. The molecule has 0 bridgehead atoms.